The number of alkyl halides is 3. The molecule has 37 heavy (non-hydrogen) atoms. The average Bonchev–Trinajstić information content (AvgIpc) is 3.33. The molecule has 7 nitrogen and oxygen atoms in total. The monoisotopic (exact) mass is 547 g/mol. The van der Waals surface area contributed by atoms with Gasteiger partial charge in [-0.1, -0.05) is 56.8 Å². The van der Waals surface area contributed by atoms with Gasteiger partial charge in [-0.25, -0.2) is 4.79 Å². The number of benzene rings is 1. The van der Waals surface area contributed by atoms with E-state index in [1.165, 1.54) is 32.1 Å². The molecular weight excluding hydrogens is 511 g/mol. The molecule has 1 aromatic rings. The van der Waals surface area contributed by atoms with Gasteiger partial charge in [-0.15, -0.1) is 0 Å². The molecule has 2 aliphatic rings. The van der Waals surface area contributed by atoms with E-state index < -0.39 is 18.2 Å². The van der Waals surface area contributed by atoms with Crippen LogP contribution in [-0.4, -0.2) is 70.6 Å². The van der Waals surface area contributed by atoms with Gasteiger partial charge in [0, 0.05) is 30.6 Å². The van der Waals surface area contributed by atoms with Crippen LogP contribution in [0.4, 0.5) is 13.2 Å². The number of carboxylic acids is 1. The van der Waals surface area contributed by atoms with Crippen LogP contribution in [0.1, 0.15) is 57.9 Å². The Labute approximate surface area is 221 Å². The van der Waals surface area contributed by atoms with Crippen LogP contribution in [0, 0.1) is 11.8 Å². The van der Waals surface area contributed by atoms with Crippen molar-refractivity contribution in [3.63, 3.8) is 0 Å². The van der Waals surface area contributed by atoms with Crippen molar-refractivity contribution < 1.29 is 32.7 Å². The summed E-state index contributed by atoms with van der Waals surface area (Å²) in [5.41, 5.74) is 7.25. The second-order valence-electron chi connectivity index (χ2n) is 10.1. The van der Waals surface area contributed by atoms with E-state index in [1.807, 2.05) is 43.0 Å². The fourth-order valence-corrected chi connectivity index (χ4v) is 4.92. The maximum Gasteiger partial charge on any atom is 0.490 e. The van der Waals surface area contributed by atoms with Crippen molar-refractivity contribution in [2.75, 3.05) is 19.6 Å². The molecule has 1 aliphatic heterocycles. The maximum absolute atomic E-state index is 13.0. The summed E-state index contributed by atoms with van der Waals surface area (Å²) >= 11 is 5.94. The second-order valence-corrected chi connectivity index (χ2v) is 10.6. The Bertz CT molecular complexity index is 905. The van der Waals surface area contributed by atoms with Gasteiger partial charge < -0.3 is 20.6 Å². The van der Waals surface area contributed by atoms with E-state index in [2.05, 4.69) is 4.90 Å². The number of nitrogens with zero attached hydrogens (tertiary/aromatic N) is 2. The van der Waals surface area contributed by atoms with Gasteiger partial charge in [0.1, 0.15) is 0 Å². The Kier molecular flexibility index (Phi) is 11.7. The van der Waals surface area contributed by atoms with Gasteiger partial charge in [0.15, 0.2) is 0 Å². The SMILES string of the molecule is CC(C)C(=O)N(CC1CCCCC1)[C@H]1CCN(C(=O)[C@H](N)Cc2ccc(Cl)cc2)C1.O=C(O)C(F)(F)F. The number of aliphatic carboxylic acids is 1. The molecule has 0 aromatic heterocycles. The van der Waals surface area contributed by atoms with Crippen molar-refractivity contribution in [2.24, 2.45) is 17.6 Å². The molecule has 11 heteroatoms. The van der Waals surface area contributed by atoms with Crippen LogP contribution in [-0.2, 0) is 20.8 Å². The highest BCUT2D eigenvalue weighted by molar-refractivity contribution is 6.30. The summed E-state index contributed by atoms with van der Waals surface area (Å²) in [6.07, 6.45) is 2.52. The first-order valence-corrected chi connectivity index (χ1v) is 13.1. The number of hydrogen-bond acceptors (Lipinski definition) is 4. The molecule has 1 aliphatic carbocycles. The van der Waals surface area contributed by atoms with E-state index in [0.717, 1.165) is 18.5 Å². The molecule has 3 N–H and O–H groups in total. The third-order valence-corrected chi connectivity index (χ3v) is 7.05. The van der Waals surface area contributed by atoms with E-state index >= 15 is 0 Å². The Morgan fingerprint density at radius 3 is 2.19 bits per heavy atom. The Hall–Kier alpha value is -2.33. The van der Waals surface area contributed by atoms with Gasteiger partial charge in [0.2, 0.25) is 11.8 Å². The zero-order valence-electron chi connectivity index (χ0n) is 21.3. The van der Waals surface area contributed by atoms with Crippen LogP contribution in [0.2, 0.25) is 5.02 Å². The lowest BCUT2D eigenvalue weighted by Gasteiger charge is -2.35. The first-order chi connectivity index (χ1) is 17.3. The van der Waals surface area contributed by atoms with E-state index in [0.29, 0.717) is 30.5 Å². The van der Waals surface area contributed by atoms with E-state index in [-0.39, 0.29) is 23.8 Å². The molecule has 2 fully saturated rings. The number of carbonyl (C=O) groups excluding carboxylic acids is 2. The van der Waals surface area contributed by atoms with Crippen molar-refractivity contribution in [1.29, 1.82) is 0 Å². The molecule has 0 radical (unpaired) electrons. The highest BCUT2D eigenvalue weighted by Gasteiger charge is 2.38. The highest BCUT2D eigenvalue weighted by Crippen LogP contribution is 2.28. The average molecular weight is 548 g/mol. The van der Waals surface area contributed by atoms with Crippen molar-refractivity contribution in [3.05, 3.63) is 34.9 Å². The van der Waals surface area contributed by atoms with E-state index in [1.54, 1.807) is 0 Å². The van der Waals surface area contributed by atoms with Crippen molar-refractivity contribution >= 4 is 29.4 Å². The predicted octanol–water partition coefficient (Wildman–Crippen LogP) is 4.51. The standard InChI is InChI=1S/C24H36ClN3O2.C2HF3O2/c1-17(2)23(29)28(15-19-6-4-3-5-7-19)21-12-13-27(16-21)24(30)22(26)14-18-8-10-20(25)11-9-18;3-2(4,5)1(6)7/h8-11,17,19,21-22H,3-7,12-16,26H2,1-2H3;(H,6,7)/t21-,22+;/m0./s1. The van der Waals surface area contributed by atoms with Crippen molar-refractivity contribution in [2.45, 2.75) is 77.1 Å². The molecule has 0 bridgehead atoms. The van der Waals surface area contributed by atoms with Crippen molar-refractivity contribution in [1.82, 2.24) is 9.80 Å². The molecule has 2 atom stereocenters. The quantitative estimate of drug-likeness (QED) is 0.523. The molecule has 1 saturated heterocycles. The number of carbonyl (C=O) groups is 3. The summed E-state index contributed by atoms with van der Waals surface area (Å²) in [6.45, 7) is 6.04. The maximum atomic E-state index is 13.0. The fourth-order valence-electron chi connectivity index (χ4n) is 4.79. The molecule has 1 heterocycles. The number of hydrogen-bond donors (Lipinski definition) is 2. The minimum atomic E-state index is -5.08. The number of halogens is 4. The lowest BCUT2D eigenvalue weighted by Crippen LogP contribution is -2.49. The van der Waals surface area contributed by atoms with Gasteiger partial charge in [-0.3, -0.25) is 9.59 Å². The van der Waals surface area contributed by atoms with Crippen LogP contribution >= 0.6 is 11.6 Å². The van der Waals surface area contributed by atoms with Crippen molar-refractivity contribution in [3.8, 4) is 0 Å². The molecule has 1 saturated carbocycles. The summed E-state index contributed by atoms with van der Waals surface area (Å²) in [5, 5.41) is 7.80. The number of rotatable bonds is 7. The Balaban J connectivity index is 0.000000604. The molecule has 1 aromatic carbocycles. The number of nitrogens with two attached hydrogens (primary N) is 1. The fraction of sp³-hybridized carbons (Fsp3) is 0.654. The third kappa shape index (κ3) is 9.81. The van der Waals surface area contributed by atoms with Crippen LogP contribution in [0.25, 0.3) is 0 Å². The van der Waals surface area contributed by atoms with Crippen LogP contribution < -0.4 is 5.73 Å². The predicted molar refractivity (Wildman–Crippen MR) is 135 cm³/mol. The summed E-state index contributed by atoms with van der Waals surface area (Å²) in [5.74, 6) is -2.00. The largest absolute Gasteiger partial charge is 0.490 e. The van der Waals surface area contributed by atoms with E-state index in [4.69, 9.17) is 27.2 Å². The molecule has 2 amide bonds. The molecule has 0 spiro atoms. The van der Waals surface area contributed by atoms with Gasteiger partial charge in [-0.05, 0) is 49.3 Å². The minimum Gasteiger partial charge on any atom is -0.475 e. The highest BCUT2D eigenvalue weighted by atomic mass is 35.5. The molecule has 3 rings (SSSR count). The third-order valence-electron chi connectivity index (χ3n) is 6.80. The lowest BCUT2D eigenvalue weighted by molar-refractivity contribution is -0.192. The lowest BCUT2D eigenvalue weighted by atomic mass is 9.88. The van der Waals surface area contributed by atoms with Crippen LogP contribution in [0.3, 0.4) is 0 Å². The van der Waals surface area contributed by atoms with Gasteiger partial charge in [0.25, 0.3) is 0 Å². The second kappa shape index (κ2) is 14.0. The summed E-state index contributed by atoms with van der Waals surface area (Å²) in [7, 11) is 0. The Morgan fingerprint density at radius 1 is 1.11 bits per heavy atom. The number of carboxylic acid groups (broad SMARTS) is 1. The zero-order chi connectivity index (χ0) is 27.8. The Morgan fingerprint density at radius 2 is 1.68 bits per heavy atom. The van der Waals surface area contributed by atoms with Gasteiger partial charge in [0.05, 0.1) is 12.1 Å². The van der Waals surface area contributed by atoms with Gasteiger partial charge >= 0.3 is 12.1 Å². The van der Waals surface area contributed by atoms with Crippen LogP contribution in [0.15, 0.2) is 24.3 Å². The summed E-state index contributed by atoms with van der Waals surface area (Å²) in [6, 6.07) is 7.00. The zero-order valence-corrected chi connectivity index (χ0v) is 22.1. The van der Waals surface area contributed by atoms with Crippen LogP contribution in [0.5, 0.6) is 0 Å². The first kappa shape index (κ1) is 30.9. The molecule has 0 unspecified atom stereocenters. The molecular formula is C26H37ClF3N3O4. The summed E-state index contributed by atoms with van der Waals surface area (Å²) < 4.78 is 31.7. The number of likely N-dealkylation sites (tertiary alicyclic amines) is 1. The van der Waals surface area contributed by atoms with Gasteiger partial charge in [-0.2, -0.15) is 13.2 Å². The minimum absolute atomic E-state index is 0.0227. The molecule has 208 valence electrons. The van der Waals surface area contributed by atoms with E-state index in [9.17, 15) is 22.8 Å². The normalized spacial score (nSPS) is 19.2. The first-order valence-electron chi connectivity index (χ1n) is 12.7. The smallest absolute Gasteiger partial charge is 0.475 e. The summed E-state index contributed by atoms with van der Waals surface area (Å²) in [4.78, 5) is 38.8. The number of amides is 2. The topological polar surface area (TPSA) is 104 Å².